The van der Waals surface area contributed by atoms with E-state index in [1.165, 1.54) is 0 Å². The number of carbonyl (C=O) groups is 2. The van der Waals surface area contributed by atoms with E-state index >= 15 is 0 Å². The molecule has 1 fully saturated rings. The molecule has 0 spiro atoms. The summed E-state index contributed by atoms with van der Waals surface area (Å²) in [5, 5.41) is 12.5. The zero-order chi connectivity index (χ0) is 22.1. The molecular formula is C23H32N4O3. The Morgan fingerprint density at radius 3 is 2.67 bits per heavy atom. The molecule has 3 unspecified atom stereocenters. The van der Waals surface area contributed by atoms with E-state index in [1.54, 1.807) is 9.80 Å². The molecule has 2 heterocycles. The van der Waals surface area contributed by atoms with Crippen molar-refractivity contribution in [2.24, 2.45) is 0 Å². The number of ether oxygens (including phenoxy) is 1. The number of amides is 2. The van der Waals surface area contributed by atoms with Crippen LogP contribution in [0.3, 0.4) is 0 Å². The lowest BCUT2D eigenvalue weighted by Crippen LogP contribution is -2.43. The fraction of sp³-hybridized carbons (Fsp3) is 0.609. The maximum absolute atomic E-state index is 12.9. The molecule has 0 saturated carbocycles. The normalized spacial score (nSPS) is 23.5. The summed E-state index contributed by atoms with van der Waals surface area (Å²) in [5.41, 5.74) is 2.24. The summed E-state index contributed by atoms with van der Waals surface area (Å²) in [6, 6.07) is 5.81. The van der Waals surface area contributed by atoms with Gasteiger partial charge in [-0.1, -0.05) is 13.0 Å². The van der Waals surface area contributed by atoms with Gasteiger partial charge in [0.2, 0.25) is 0 Å². The second-order valence-electron chi connectivity index (χ2n) is 9.28. The maximum Gasteiger partial charge on any atom is 0.410 e. The Morgan fingerprint density at radius 1 is 1.30 bits per heavy atom. The molecule has 0 aromatic heterocycles. The molecular weight excluding hydrogens is 380 g/mol. The first-order chi connectivity index (χ1) is 14.1. The van der Waals surface area contributed by atoms with Gasteiger partial charge in [-0.2, -0.15) is 5.26 Å². The van der Waals surface area contributed by atoms with Crippen LogP contribution in [0.5, 0.6) is 0 Å². The predicted octanol–water partition coefficient (Wildman–Crippen LogP) is 3.43. The Kier molecular flexibility index (Phi) is 6.25. The third-order valence-corrected chi connectivity index (χ3v) is 5.87. The van der Waals surface area contributed by atoms with Crippen LogP contribution in [0.4, 0.5) is 4.79 Å². The molecule has 0 bridgehead atoms. The van der Waals surface area contributed by atoms with Crippen molar-refractivity contribution < 1.29 is 14.3 Å². The highest BCUT2D eigenvalue weighted by molar-refractivity contribution is 5.94. The molecule has 7 heteroatoms. The molecule has 7 nitrogen and oxygen atoms in total. The van der Waals surface area contributed by atoms with Crippen LogP contribution in [0, 0.1) is 11.5 Å². The van der Waals surface area contributed by atoms with Crippen molar-refractivity contribution in [2.75, 3.05) is 6.54 Å². The van der Waals surface area contributed by atoms with Crippen LogP contribution < -0.4 is 5.32 Å². The third kappa shape index (κ3) is 4.69. The Bertz CT molecular complexity index is 855. The molecule has 1 aromatic carbocycles. The molecule has 2 amide bonds. The Labute approximate surface area is 179 Å². The Hall–Kier alpha value is -2.75. The molecule has 1 aromatic rings. The topological polar surface area (TPSA) is 85.7 Å². The summed E-state index contributed by atoms with van der Waals surface area (Å²) in [6.45, 7) is 10.7. The quantitative estimate of drug-likeness (QED) is 0.769. The third-order valence-electron chi connectivity index (χ3n) is 5.87. The van der Waals surface area contributed by atoms with E-state index in [2.05, 4.69) is 11.5 Å². The van der Waals surface area contributed by atoms with Crippen molar-refractivity contribution in [2.45, 2.75) is 84.2 Å². The average molecular weight is 413 g/mol. The first-order valence-corrected chi connectivity index (χ1v) is 10.7. The minimum Gasteiger partial charge on any atom is -0.444 e. The summed E-state index contributed by atoms with van der Waals surface area (Å²) in [5.74, 6) is -0.109. The van der Waals surface area contributed by atoms with Crippen molar-refractivity contribution >= 4 is 12.0 Å². The standard InChI is InChI=1S/C23H32N4O3/c1-6-20-19(11-15(2)27(20)14-24)25-21(28)17-7-8-18-13-26(10-9-16(18)12-17)22(29)30-23(3,4)5/h7-8,12,15,19-20H,6,9-11,13H2,1-5H3,(H,25,28). The predicted molar refractivity (Wildman–Crippen MR) is 114 cm³/mol. The van der Waals surface area contributed by atoms with E-state index in [4.69, 9.17) is 4.74 Å². The number of nitrogens with one attached hydrogen (secondary N) is 1. The van der Waals surface area contributed by atoms with Crippen LogP contribution >= 0.6 is 0 Å². The van der Waals surface area contributed by atoms with Gasteiger partial charge in [0.05, 0.1) is 12.1 Å². The van der Waals surface area contributed by atoms with Crippen LogP contribution in [0.2, 0.25) is 0 Å². The summed E-state index contributed by atoms with van der Waals surface area (Å²) >= 11 is 0. The van der Waals surface area contributed by atoms with Gasteiger partial charge in [-0.05, 0) is 70.2 Å². The monoisotopic (exact) mass is 412 g/mol. The number of hydrogen-bond acceptors (Lipinski definition) is 5. The first kappa shape index (κ1) is 21.9. The number of nitrogens with zero attached hydrogens (tertiary/aromatic N) is 3. The maximum atomic E-state index is 12.9. The van der Waals surface area contributed by atoms with Gasteiger partial charge in [0.15, 0.2) is 6.19 Å². The lowest BCUT2D eigenvalue weighted by atomic mass is 9.97. The van der Waals surface area contributed by atoms with Crippen molar-refractivity contribution in [3.05, 3.63) is 34.9 Å². The Morgan fingerprint density at radius 2 is 2.03 bits per heavy atom. The number of likely N-dealkylation sites (tertiary alicyclic amines) is 1. The lowest BCUT2D eigenvalue weighted by molar-refractivity contribution is 0.0223. The second-order valence-corrected chi connectivity index (χ2v) is 9.28. The number of rotatable bonds is 3. The summed E-state index contributed by atoms with van der Waals surface area (Å²) in [7, 11) is 0. The molecule has 0 radical (unpaired) electrons. The van der Waals surface area contributed by atoms with Crippen molar-refractivity contribution in [3.8, 4) is 6.19 Å². The van der Waals surface area contributed by atoms with E-state index < -0.39 is 5.60 Å². The van der Waals surface area contributed by atoms with Crippen LogP contribution in [-0.4, -0.2) is 52.1 Å². The minimum absolute atomic E-state index is 0.0316. The number of fused-ring (bicyclic) bond motifs is 1. The lowest BCUT2D eigenvalue weighted by Gasteiger charge is -2.31. The number of hydrogen-bond donors (Lipinski definition) is 1. The molecule has 1 saturated heterocycles. The van der Waals surface area contributed by atoms with Gasteiger partial charge < -0.3 is 19.9 Å². The fourth-order valence-electron chi connectivity index (χ4n) is 4.40. The van der Waals surface area contributed by atoms with Crippen molar-refractivity contribution in [3.63, 3.8) is 0 Å². The zero-order valence-corrected chi connectivity index (χ0v) is 18.6. The van der Waals surface area contributed by atoms with Gasteiger partial charge in [0.1, 0.15) is 5.60 Å². The minimum atomic E-state index is -0.519. The SMILES string of the molecule is CCC1C(NC(=O)c2ccc3c(c2)CCN(C(=O)OC(C)(C)C)C3)CC(C)N1C#N. The summed E-state index contributed by atoms with van der Waals surface area (Å²) < 4.78 is 5.47. The number of benzene rings is 1. The average Bonchev–Trinajstić information content (AvgIpc) is 2.99. The highest BCUT2D eigenvalue weighted by atomic mass is 16.6. The zero-order valence-electron chi connectivity index (χ0n) is 18.6. The Balaban J connectivity index is 1.67. The van der Waals surface area contributed by atoms with Gasteiger partial charge in [0.25, 0.3) is 5.91 Å². The van der Waals surface area contributed by atoms with Crippen LogP contribution in [0.1, 0.15) is 68.9 Å². The number of nitriles is 1. The highest BCUT2D eigenvalue weighted by Gasteiger charge is 2.38. The molecule has 30 heavy (non-hydrogen) atoms. The van der Waals surface area contributed by atoms with Gasteiger partial charge >= 0.3 is 6.09 Å². The fourth-order valence-corrected chi connectivity index (χ4v) is 4.40. The molecule has 2 aliphatic rings. The summed E-state index contributed by atoms with van der Waals surface area (Å²) in [6.07, 6.45) is 4.23. The second kappa shape index (κ2) is 8.55. The van der Waals surface area contributed by atoms with Crippen molar-refractivity contribution in [1.29, 1.82) is 5.26 Å². The van der Waals surface area contributed by atoms with Crippen LogP contribution in [-0.2, 0) is 17.7 Å². The molecule has 162 valence electrons. The molecule has 3 rings (SSSR count). The molecule has 1 N–H and O–H groups in total. The van der Waals surface area contributed by atoms with E-state index in [0.717, 1.165) is 24.0 Å². The largest absolute Gasteiger partial charge is 0.444 e. The summed E-state index contributed by atoms with van der Waals surface area (Å²) in [4.78, 5) is 28.7. The van der Waals surface area contributed by atoms with E-state index in [0.29, 0.717) is 25.1 Å². The molecule has 0 aliphatic carbocycles. The number of carbonyl (C=O) groups excluding carboxylic acids is 2. The smallest absolute Gasteiger partial charge is 0.410 e. The highest BCUT2D eigenvalue weighted by Crippen LogP contribution is 2.27. The van der Waals surface area contributed by atoms with E-state index in [1.807, 2.05) is 52.8 Å². The van der Waals surface area contributed by atoms with Gasteiger partial charge in [-0.3, -0.25) is 4.79 Å². The van der Waals surface area contributed by atoms with Gasteiger partial charge in [-0.15, -0.1) is 0 Å². The van der Waals surface area contributed by atoms with E-state index in [9.17, 15) is 14.9 Å². The van der Waals surface area contributed by atoms with Crippen molar-refractivity contribution in [1.82, 2.24) is 15.1 Å². The van der Waals surface area contributed by atoms with E-state index in [-0.39, 0.29) is 30.1 Å². The molecule has 2 aliphatic heterocycles. The van der Waals surface area contributed by atoms with Gasteiger partial charge in [0, 0.05) is 24.7 Å². The van der Waals surface area contributed by atoms with Gasteiger partial charge in [-0.25, -0.2) is 4.79 Å². The molecule has 3 atom stereocenters. The van der Waals surface area contributed by atoms with Crippen LogP contribution in [0.15, 0.2) is 18.2 Å². The first-order valence-electron chi connectivity index (χ1n) is 10.7. The van der Waals surface area contributed by atoms with Crippen LogP contribution in [0.25, 0.3) is 0 Å².